The average molecular weight is 383 g/mol. The lowest BCUT2D eigenvalue weighted by atomic mass is 10.2. The molecule has 1 N–H and O–H groups in total. The lowest BCUT2D eigenvalue weighted by Gasteiger charge is -2.18. The average Bonchev–Trinajstić information content (AvgIpc) is 3.08. The highest BCUT2D eigenvalue weighted by Crippen LogP contribution is 2.32. The van der Waals surface area contributed by atoms with E-state index in [1.807, 2.05) is 30.0 Å². The number of amides is 1. The number of carbonyl (C=O) groups excluding carboxylic acids is 1. The number of aromatic nitrogens is 2. The number of fused-ring (bicyclic) bond motifs is 1. The molecule has 2 aromatic carbocycles. The monoisotopic (exact) mass is 382 g/mol. The van der Waals surface area contributed by atoms with Crippen molar-refractivity contribution in [2.45, 2.75) is 13.3 Å². The zero-order chi connectivity index (χ0) is 19.0. The minimum Gasteiger partial charge on any atom is -0.321 e. The van der Waals surface area contributed by atoms with Crippen molar-refractivity contribution < 1.29 is 9.18 Å². The Morgan fingerprint density at radius 2 is 2.00 bits per heavy atom. The molecule has 136 valence electrons. The number of carbonyl (C=O) groups is 1. The summed E-state index contributed by atoms with van der Waals surface area (Å²) in [4.78, 5) is 23.6. The Kier molecular flexibility index (Phi) is 4.49. The Morgan fingerprint density at radius 1 is 1.19 bits per heavy atom. The normalized spacial score (nSPS) is 12.8. The largest absolute Gasteiger partial charge is 0.321 e. The van der Waals surface area contributed by atoms with Crippen LogP contribution in [0.3, 0.4) is 0 Å². The number of para-hydroxylation sites is 1. The topological polar surface area (TPSA) is 58.1 Å². The number of nitrogens with zero attached hydrogens (tertiary/aromatic N) is 3. The highest BCUT2D eigenvalue weighted by molar-refractivity contribution is 6.31. The van der Waals surface area contributed by atoms with Gasteiger partial charge in [0.2, 0.25) is 5.95 Å². The molecule has 1 aliphatic rings. The number of benzene rings is 2. The van der Waals surface area contributed by atoms with Gasteiger partial charge in [-0.1, -0.05) is 29.8 Å². The molecule has 0 spiro atoms. The van der Waals surface area contributed by atoms with Gasteiger partial charge in [-0.05, 0) is 49.2 Å². The van der Waals surface area contributed by atoms with Gasteiger partial charge in [0.15, 0.2) is 0 Å². The van der Waals surface area contributed by atoms with Gasteiger partial charge in [-0.2, -0.15) is 0 Å². The fourth-order valence-corrected chi connectivity index (χ4v) is 3.29. The molecule has 0 aliphatic carbocycles. The molecule has 27 heavy (non-hydrogen) atoms. The van der Waals surface area contributed by atoms with Crippen molar-refractivity contribution in [3.63, 3.8) is 0 Å². The fourth-order valence-electron chi connectivity index (χ4n) is 3.10. The van der Waals surface area contributed by atoms with E-state index in [1.54, 1.807) is 6.07 Å². The van der Waals surface area contributed by atoms with Crippen molar-refractivity contribution in [2.75, 3.05) is 16.8 Å². The van der Waals surface area contributed by atoms with Gasteiger partial charge in [-0.25, -0.2) is 14.4 Å². The van der Waals surface area contributed by atoms with Crippen LogP contribution in [0.4, 0.5) is 21.7 Å². The highest BCUT2D eigenvalue weighted by atomic mass is 35.5. The van der Waals surface area contributed by atoms with Gasteiger partial charge in [0.1, 0.15) is 11.5 Å². The predicted octanol–water partition coefficient (Wildman–Crippen LogP) is 4.52. The van der Waals surface area contributed by atoms with Crippen LogP contribution in [0, 0.1) is 12.7 Å². The van der Waals surface area contributed by atoms with Crippen LogP contribution in [0.15, 0.2) is 48.5 Å². The number of hydrogen-bond donors (Lipinski definition) is 1. The van der Waals surface area contributed by atoms with Crippen LogP contribution in [0.2, 0.25) is 5.02 Å². The first-order chi connectivity index (χ1) is 13.0. The second-order valence-electron chi connectivity index (χ2n) is 6.31. The van der Waals surface area contributed by atoms with Crippen LogP contribution >= 0.6 is 11.6 Å². The van der Waals surface area contributed by atoms with E-state index >= 15 is 0 Å². The second-order valence-corrected chi connectivity index (χ2v) is 6.72. The number of aryl methyl sites for hydroxylation is 1. The Bertz CT molecular complexity index is 1040. The maximum absolute atomic E-state index is 13.3. The SMILES string of the molecule is Cc1cc(C(=O)Nc2ccc(F)c(Cl)c2)nc(N2CCc3ccccc32)n1. The summed E-state index contributed by atoms with van der Waals surface area (Å²) in [6, 6.07) is 13.7. The van der Waals surface area contributed by atoms with Crippen molar-refractivity contribution in [2.24, 2.45) is 0 Å². The molecule has 0 saturated carbocycles. The molecule has 0 saturated heterocycles. The van der Waals surface area contributed by atoms with E-state index in [1.165, 1.54) is 23.8 Å². The molecule has 1 amide bonds. The second kappa shape index (κ2) is 6.96. The molecule has 0 fully saturated rings. The maximum Gasteiger partial charge on any atom is 0.274 e. The molecule has 0 radical (unpaired) electrons. The van der Waals surface area contributed by atoms with Crippen molar-refractivity contribution in [1.82, 2.24) is 9.97 Å². The standard InChI is InChI=1S/C20H16ClFN4O/c1-12-10-17(19(27)24-14-6-7-16(22)15(21)11-14)25-20(23-12)26-9-8-13-4-2-3-5-18(13)26/h2-7,10-11H,8-9H2,1H3,(H,24,27). The first kappa shape index (κ1) is 17.4. The van der Waals surface area contributed by atoms with Gasteiger partial charge < -0.3 is 10.2 Å². The minimum atomic E-state index is -0.539. The molecular formula is C20H16ClFN4O. The van der Waals surface area contributed by atoms with Gasteiger partial charge in [-0.15, -0.1) is 0 Å². The van der Waals surface area contributed by atoms with E-state index in [0.717, 1.165) is 18.7 Å². The third kappa shape index (κ3) is 3.48. The molecule has 3 aromatic rings. The van der Waals surface area contributed by atoms with Crippen LogP contribution in [0.25, 0.3) is 0 Å². The summed E-state index contributed by atoms with van der Waals surface area (Å²) in [5.74, 6) is -0.457. The van der Waals surface area contributed by atoms with Crippen LogP contribution in [-0.4, -0.2) is 22.4 Å². The molecule has 7 heteroatoms. The summed E-state index contributed by atoms with van der Waals surface area (Å²) in [5.41, 5.74) is 3.61. The number of rotatable bonds is 3. The van der Waals surface area contributed by atoms with Crippen LogP contribution < -0.4 is 10.2 Å². The summed E-state index contributed by atoms with van der Waals surface area (Å²) >= 11 is 5.77. The first-order valence-electron chi connectivity index (χ1n) is 8.49. The molecule has 1 aliphatic heterocycles. The summed E-state index contributed by atoms with van der Waals surface area (Å²) < 4.78 is 13.3. The van der Waals surface area contributed by atoms with Gasteiger partial charge in [0, 0.05) is 23.6 Å². The lowest BCUT2D eigenvalue weighted by Crippen LogP contribution is -2.20. The van der Waals surface area contributed by atoms with E-state index in [4.69, 9.17) is 11.6 Å². The Balaban J connectivity index is 1.63. The molecule has 5 nitrogen and oxygen atoms in total. The third-order valence-electron chi connectivity index (χ3n) is 4.38. The van der Waals surface area contributed by atoms with E-state index in [9.17, 15) is 9.18 Å². The van der Waals surface area contributed by atoms with Crippen molar-refractivity contribution >= 4 is 34.8 Å². The Labute approximate surface area is 160 Å². The zero-order valence-corrected chi connectivity index (χ0v) is 15.3. The summed E-state index contributed by atoms with van der Waals surface area (Å²) in [6.07, 6.45) is 0.906. The van der Waals surface area contributed by atoms with Crippen molar-refractivity contribution in [3.05, 3.63) is 76.3 Å². The van der Waals surface area contributed by atoms with E-state index < -0.39 is 11.7 Å². The molecule has 0 bridgehead atoms. The van der Waals surface area contributed by atoms with Gasteiger partial charge >= 0.3 is 0 Å². The fraction of sp³-hybridized carbons (Fsp3) is 0.150. The van der Waals surface area contributed by atoms with Crippen LogP contribution in [0.5, 0.6) is 0 Å². The van der Waals surface area contributed by atoms with Crippen LogP contribution in [0.1, 0.15) is 21.7 Å². The van der Waals surface area contributed by atoms with Crippen molar-refractivity contribution in [1.29, 1.82) is 0 Å². The summed E-state index contributed by atoms with van der Waals surface area (Å²) in [6.45, 7) is 2.58. The molecule has 4 rings (SSSR count). The number of halogens is 2. The number of nitrogens with one attached hydrogen (secondary N) is 1. The molecule has 2 heterocycles. The lowest BCUT2D eigenvalue weighted by molar-refractivity contribution is 0.102. The van der Waals surface area contributed by atoms with E-state index in [-0.39, 0.29) is 10.7 Å². The predicted molar refractivity (Wildman–Crippen MR) is 103 cm³/mol. The summed E-state index contributed by atoms with van der Waals surface area (Å²) in [7, 11) is 0. The minimum absolute atomic E-state index is 0.0546. The zero-order valence-electron chi connectivity index (χ0n) is 14.5. The molecule has 0 atom stereocenters. The van der Waals surface area contributed by atoms with Gasteiger partial charge in [0.05, 0.1) is 5.02 Å². The van der Waals surface area contributed by atoms with E-state index in [2.05, 4.69) is 21.4 Å². The van der Waals surface area contributed by atoms with Gasteiger partial charge in [0.25, 0.3) is 5.91 Å². The number of anilines is 3. The van der Waals surface area contributed by atoms with Crippen LogP contribution in [-0.2, 0) is 6.42 Å². The maximum atomic E-state index is 13.3. The smallest absolute Gasteiger partial charge is 0.274 e. The van der Waals surface area contributed by atoms with E-state index in [0.29, 0.717) is 17.3 Å². The Hall–Kier alpha value is -2.99. The number of hydrogen-bond acceptors (Lipinski definition) is 4. The van der Waals surface area contributed by atoms with Crippen molar-refractivity contribution in [3.8, 4) is 0 Å². The molecular weight excluding hydrogens is 367 g/mol. The summed E-state index contributed by atoms with van der Waals surface area (Å²) in [5, 5.41) is 2.64. The van der Waals surface area contributed by atoms with Gasteiger partial charge in [-0.3, -0.25) is 4.79 Å². The quantitative estimate of drug-likeness (QED) is 0.723. The molecule has 0 unspecified atom stereocenters. The highest BCUT2D eigenvalue weighted by Gasteiger charge is 2.23. The third-order valence-corrected chi connectivity index (χ3v) is 4.67. The molecule has 1 aromatic heterocycles. The first-order valence-corrected chi connectivity index (χ1v) is 8.86. The Morgan fingerprint density at radius 3 is 2.81 bits per heavy atom.